The van der Waals surface area contributed by atoms with Crippen molar-refractivity contribution >= 4 is 27.3 Å². The standard InChI is InChI=1S/C23H24N2O5S/c1-17-9-14-22(30-3)21(15-17)25(31(27,28)20-7-5-4-6-8-20)16-23(26)24-18-10-12-19(29-2)13-11-18/h4-15H,16H2,1-3H3,(H,24,26). The van der Waals surface area contributed by atoms with Crippen molar-refractivity contribution in [2.24, 2.45) is 0 Å². The van der Waals surface area contributed by atoms with Gasteiger partial charge in [-0.05, 0) is 61.0 Å². The zero-order valence-corrected chi connectivity index (χ0v) is 18.3. The highest BCUT2D eigenvalue weighted by atomic mass is 32.2. The van der Waals surface area contributed by atoms with E-state index in [9.17, 15) is 13.2 Å². The monoisotopic (exact) mass is 440 g/mol. The Bertz CT molecular complexity index is 1150. The molecule has 0 unspecified atom stereocenters. The molecule has 162 valence electrons. The maximum absolute atomic E-state index is 13.5. The lowest BCUT2D eigenvalue weighted by molar-refractivity contribution is -0.114. The minimum atomic E-state index is -4.03. The van der Waals surface area contributed by atoms with Gasteiger partial charge < -0.3 is 14.8 Å². The number of nitrogens with one attached hydrogen (secondary N) is 1. The topological polar surface area (TPSA) is 84.9 Å². The Balaban J connectivity index is 1.98. The molecule has 0 aliphatic heterocycles. The van der Waals surface area contributed by atoms with Crippen LogP contribution >= 0.6 is 0 Å². The summed E-state index contributed by atoms with van der Waals surface area (Å²) < 4.78 is 38.5. The van der Waals surface area contributed by atoms with Crippen molar-refractivity contribution in [2.45, 2.75) is 11.8 Å². The second-order valence-corrected chi connectivity index (χ2v) is 8.64. The third-order valence-corrected chi connectivity index (χ3v) is 6.37. The van der Waals surface area contributed by atoms with E-state index in [4.69, 9.17) is 9.47 Å². The molecule has 0 fully saturated rings. The molecule has 0 radical (unpaired) electrons. The summed E-state index contributed by atoms with van der Waals surface area (Å²) in [6.45, 7) is 1.41. The second-order valence-electron chi connectivity index (χ2n) is 6.78. The summed E-state index contributed by atoms with van der Waals surface area (Å²) in [6.07, 6.45) is 0. The van der Waals surface area contributed by atoms with E-state index in [-0.39, 0.29) is 10.6 Å². The highest BCUT2D eigenvalue weighted by molar-refractivity contribution is 7.92. The van der Waals surface area contributed by atoms with E-state index in [1.54, 1.807) is 61.7 Å². The number of rotatable bonds is 8. The molecular formula is C23H24N2O5S. The number of amides is 1. The molecule has 0 aromatic heterocycles. The number of hydrogen-bond donors (Lipinski definition) is 1. The van der Waals surface area contributed by atoms with Gasteiger partial charge in [0.15, 0.2) is 0 Å². The van der Waals surface area contributed by atoms with Gasteiger partial charge in [-0.3, -0.25) is 9.10 Å². The van der Waals surface area contributed by atoms with Gasteiger partial charge in [0.1, 0.15) is 18.0 Å². The van der Waals surface area contributed by atoms with Crippen LogP contribution in [0.1, 0.15) is 5.56 Å². The Labute approximate surface area is 182 Å². The lowest BCUT2D eigenvalue weighted by Gasteiger charge is -2.26. The lowest BCUT2D eigenvalue weighted by atomic mass is 10.2. The van der Waals surface area contributed by atoms with E-state index < -0.39 is 22.5 Å². The number of carbonyl (C=O) groups excluding carboxylic acids is 1. The van der Waals surface area contributed by atoms with Gasteiger partial charge in [-0.25, -0.2) is 8.42 Å². The number of aryl methyl sites for hydroxylation is 1. The van der Waals surface area contributed by atoms with Crippen LogP contribution in [0.2, 0.25) is 0 Å². The van der Waals surface area contributed by atoms with E-state index in [0.717, 1.165) is 9.87 Å². The van der Waals surface area contributed by atoms with Gasteiger partial charge in [-0.15, -0.1) is 0 Å². The Kier molecular flexibility index (Phi) is 6.81. The van der Waals surface area contributed by atoms with Crippen LogP contribution in [0.3, 0.4) is 0 Å². The fourth-order valence-electron chi connectivity index (χ4n) is 3.02. The number of carbonyl (C=O) groups is 1. The van der Waals surface area contributed by atoms with Crippen molar-refractivity contribution in [3.63, 3.8) is 0 Å². The molecule has 0 saturated heterocycles. The molecule has 0 atom stereocenters. The Morgan fingerprint density at radius 2 is 1.61 bits per heavy atom. The zero-order chi connectivity index (χ0) is 22.4. The number of nitrogens with zero attached hydrogens (tertiary/aromatic N) is 1. The number of sulfonamides is 1. The van der Waals surface area contributed by atoms with Crippen molar-refractivity contribution < 1.29 is 22.7 Å². The summed E-state index contributed by atoms with van der Waals surface area (Å²) in [4.78, 5) is 12.9. The number of anilines is 2. The van der Waals surface area contributed by atoms with E-state index in [1.807, 2.05) is 13.0 Å². The van der Waals surface area contributed by atoms with Crippen molar-refractivity contribution in [2.75, 3.05) is 30.4 Å². The first kappa shape index (κ1) is 22.2. The summed E-state index contributed by atoms with van der Waals surface area (Å²) in [5, 5.41) is 2.73. The largest absolute Gasteiger partial charge is 0.497 e. The quantitative estimate of drug-likeness (QED) is 0.575. The highest BCUT2D eigenvalue weighted by Gasteiger charge is 2.29. The van der Waals surface area contributed by atoms with Crippen LogP contribution in [0.15, 0.2) is 77.7 Å². The minimum Gasteiger partial charge on any atom is -0.497 e. The molecule has 0 aliphatic rings. The van der Waals surface area contributed by atoms with Crippen LogP contribution in [-0.2, 0) is 14.8 Å². The zero-order valence-electron chi connectivity index (χ0n) is 17.5. The van der Waals surface area contributed by atoms with Crippen LogP contribution in [0.25, 0.3) is 0 Å². The molecule has 0 saturated carbocycles. The third kappa shape index (κ3) is 5.16. The van der Waals surface area contributed by atoms with Crippen LogP contribution < -0.4 is 19.1 Å². The first-order chi connectivity index (χ1) is 14.8. The maximum atomic E-state index is 13.5. The maximum Gasteiger partial charge on any atom is 0.264 e. The van der Waals surface area contributed by atoms with Crippen LogP contribution in [0, 0.1) is 6.92 Å². The first-order valence-electron chi connectivity index (χ1n) is 9.51. The predicted molar refractivity (Wildman–Crippen MR) is 120 cm³/mol. The molecule has 0 aliphatic carbocycles. The number of ether oxygens (including phenoxy) is 2. The van der Waals surface area contributed by atoms with Gasteiger partial charge >= 0.3 is 0 Å². The summed E-state index contributed by atoms with van der Waals surface area (Å²) >= 11 is 0. The van der Waals surface area contributed by atoms with Crippen LogP contribution in [-0.4, -0.2) is 35.1 Å². The molecule has 7 nitrogen and oxygen atoms in total. The molecule has 1 N–H and O–H groups in total. The van der Waals surface area contributed by atoms with Gasteiger partial charge in [-0.1, -0.05) is 24.3 Å². The molecular weight excluding hydrogens is 416 g/mol. The number of hydrogen-bond acceptors (Lipinski definition) is 5. The molecule has 0 spiro atoms. The Morgan fingerprint density at radius 3 is 2.23 bits per heavy atom. The molecule has 3 aromatic rings. The van der Waals surface area contributed by atoms with Crippen molar-refractivity contribution in [1.82, 2.24) is 0 Å². The number of benzene rings is 3. The summed E-state index contributed by atoms with van der Waals surface area (Å²) in [7, 11) is -1.02. The molecule has 3 rings (SSSR count). The summed E-state index contributed by atoms with van der Waals surface area (Å²) in [5.74, 6) is 0.506. The minimum absolute atomic E-state index is 0.0795. The molecule has 8 heteroatoms. The summed E-state index contributed by atoms with van der Waals surface area (Å²) in [6, 6.07) is 19.9. The van der Waals surface area contributed by atoms with Crippen molar-refractivity contribution in [3.05, 3.63) is 78.4 Å². The van der Waals surface area contributed by atoms with Gasteiger partial charge in [0.25, 0.3) is 10.0 Å². The first-order valence-corrected chi connectivity index (χ1v) is 11.0. The third-order valence-electron chi connectivity index (χ3n) is 4.60. The van der Waals surface area contributed by atoms with Gasteiger partial charge in [0.2, 0.25) is 5.91 Å². The Morgan fingerprint density at radius 1 is 0.935 bits per heavy atom. The smallest absolute Gasteiger partial charge is 0.264 e. The van der Waals surface area contributed by atoms with Crippen LogP contribution in [0.4, 0.5) is 11.4 Å². The summed E-state index contributed by atoms with van der Waals surface area (Å²) in [5.41, 5.74) is 1.65. The van der Waals surface area contributed by atoms with Gasteiger partial charge in [0.05, 0.1) is 24.8 Å². The Hall–Kier alpha value is -3.52. The van der Waals surface area contributed by atoms with E-state index in [1.165, 1.54) is 19.2 Å². The van der Waals surface area contributed by atoms with Crippen LogP contribution in [0.5, 0.6) is 11.5 Å². The molecule has 0 bridgehead atoms. The average molecular weight is 441 g/mol. The highest BCUT2D eigenvalue weighted by Crippen LogP contribution is 2.33. The van der Waals surface area contributed by atoms with Gasteiger partial charge in [-0.2, -0.15) is 0 Å². The van der Waals surface area contributed by atoms with Gasteiger partial charge in [0, 0.05) is 5.69 Å². The lowest BCUT2D eigenvalue weighted by Crippen LogP contribution is -2.38. The van der Waals surface area contributed by atoms with E-state index in [0.29, 0.717) is 17.2 Å². The van der Waals surface area contributed by atoms with Crippen molar-refractivity contribution in [3.8, 4) is 11.5 Å². The fraction of sp³-hybridized carbons (Fsp3) is 0.174. The predicted octanol–water partition coefficient (Wildman–Crippen LogP) is 3.85. The van der Waals surface area contributed by atoms with E-state index >= 15 is 0 Å². The number of methoxy groups -OCH3 is 2. The molecule has 3 aromatic carbocycles. The average Bonchev–Trinajstić information content (AvgIpc) is 2.78. The molecule has 31 heavy (non-hydrogen) atoms. The SMILES string of the molecule is COc1ccc(NC(=O)CN(c2cc(C)ccc2OC)S(=O)(=O)c2ccccc2)cc1. The normalized spacial score (nSPS) is 10.9. The second kappa shape index (κ2) is 9.53. The molecule has 0 heterocycles. The van der Waals surface area contributed by atoms with E-state index in [2.05, 4.69) is 5.32 Å². The molecule has 1 amide bonds. The van der Waals surface area contributed by atoms with Crippen molar-refractivity contribution in [1.29, 1.82) is 0 Å². The fourth-order valence-corrected chi connectivity index (χ4v) is 4.46.